The van der Waals surface area contributed by atoms with E-state index in [2.05, 4.69) is 35.9 Å². The molecule has 1 saturated heterocycles. The summed E-state index contributed by atoms with van der Waals surface area (Å²) < 4.78 is 11.5. The van der Waals surface area contributed by atoms with Gasteiger partial charge >= 0.3 is 0 Å². The largest absolute Gasteiger partial charge is 0.425 e. The number of ether oxygens (including phenoxy) is 1. The van der Waals surface area contributed by atoms with Gasteiger partial charge in [-0.15, -0.1) is 10.2 Å². The Balaban J connectivity index is 1.55. The van der Waals surface area contributed by atoms with Crippen molar-refractivity contribution in [2.45, 2.75) is 70.9 Å². The van der Waals surface area contributed by atoms with Crippen molar-refractivity contribution < 1.29 is 9.15 Å². The van der Waals surface area contributed by atoms with E-state index in [1.165, 1.54) is 32.4 Å². The van der Waals surface area contributed by atoms with Crippen molar-refractivity contribution in [2.75, 3.05) is 19.7 Å². The van der Waals surface area contributed by atoms with Crippen LogP contribution in [-0.4, -0.2) is 46.9 Å². The van der Waals surface area contributed by atoms with E-state index in [0.717, 1.165) is 37.1 Å². The maximum absolute atomic E-state index is 5.82. The summed E-state index contributed by atoms with van der Waals surface area (Å²) in [4.78, 5) is 2.62. The van der Waals surface area contributed by atoms with Gasteiger partial charge in [-0.05, 0) is 52.0 Å². The molecule has 1 aromatic heterocycles. The zero-order valence-electron chi connectivity index (χ0n) is 14.1. The maximum atomic E-state index is 5.82. The number of nitrogens with zero attached hydrogens (tertiary/aromatic N) is 3. The topological polar surface area (TPSA) is 51.4 Å². The van der Waals surface area contributed by atoms with Gasteiger partial charge in [0.2, 0.25) is 11.8 Å². The Morgan fingerprint density at radius 2 is 2.09 bits per heavy atom. The molecule has 124 valence electrons. The molecule has 1 aliphatic heterocycles. The number of aryl methyl sites for hydroxylation is 1. The van der Waals surface area contributed by atoms with Gasteiger partial charge in [-0.2, -0.15) is 0 Å². The molecule has 0 radical (unpaired) electrons. The molecule has 1 saturated carbocycles. The second kappa shape index (κ2) is 7.09. The van der Waals surface area contributed by atoms with E-state index >= 15 is 0 Å². The lowest BCUT2D eigenvalue weighted by Gasteiger charge is -2.43. The first kappa shape index (κ1) is 15.9. The third-order valence-electron chi connectivity index (χ3n) is 5.31. The quantitative estimate of drug-likeness (QED) is 0.808. The molecule has 0 unspecified atom stereocenters. The normalized spacial score (nSPS) is 32.9. The highest BCUT2D eigenvalue weighted by Crippen LogP contribution is 2.36. The lowest BCUT2D eigenvalue weighted by atomic mass is 9.80. The average molecular weight is 307 g/mol. The number of hydrogen-bond acceptors (Lipinski definition) is 5. The van der Waals surface area contributed by atoms with Gasteiger partial charge in [0.15, 0.2) is 0 Å². The van der Waals surface area contributed by atoms with Crippen LogP contribution < -0.4 is 0 Å². The third kappa shape index (κ3) is 3.35. The molecule has 1 aliphatic carbocycles. The molecule has 0 amide bonds. The Kier molecular flexibility index (Phi) is 5.14. The van der Waals surface area contributed by atoms with Crippen LogP contribution in [0.15, 0.2) is 4.42 Å². The molecule has 1 aromatic rings. The van der Waals surface area contributed by atoms with Crippen molar-refractivity contribution in [3.8, 4) is 0 Å². The molecular weight excluding hydrogens is 278 g/mol. The molecule has 22 heavy (non-hydrogen) atoms. The summed E-state index contributed by atoms with van der Waals surface area (Å²) in [7, 11) is 0. The van der Waals surface area contributed by atoms with Gasteiger partial charge in [0, 0.05) is 25.6 Å². The Bertz CT molecular complexity index is 470. The predicted molar refractivity (Wildman–Crippen MR) is 84.8 cm³/mol. The minimum Gasteiger partial charge on any atom is -0.425 e. The molecule has 5 nitrogen and oxygen atoms in total. The summed E-state index contributed by atoms with van der Waals surface area (Å²) >= 11 is 0. The standard InChI is InChI=1S/C17H29N3O2/c1-4-16-18-19-17(22-16)15-7-6-8-20(12(15)3)11-13-9-14(10-13)21-5-2/h12-15H,4-11H2,1-3H3/t12-,13?,14?,15-/m0/s1. The lowest BCUT2D eigenvalue weighted by Crippen LogP contribution is -2.47. The molecule has 3 rings (SSSR count). The van der Waals surface area contributed by atoms with Gasteiger partial charge in [-0.25, -0.2) is 0 Å². The number of aromatic nitrogens is 2. The van der Waals surface area contributed by atoms with Gasteiger partial charge < -0.3 is 9.15 Å². The number of rotatable bonds is 6. The Hall–Kier alpha value is -0.940. The fraction of sp³-hybridized carbons (Fsp3) is 0.882. The second-order valence-electron chi connectivity index (χ2n) is 6.79. The average Bonchev–Trinajstić information content (AvgIpc) is 2.95. The first-order valence-electron chi connectivity index (χ1n) is 8.89. The van der Waals surface area contributed by atoms with Crippen molar-refractivity contribution in [1.82, 2.24) is 15.1 Å². The van der Waals surface area contributed by atoms with Crippen LogP contribution in [-0.2, 0) is 11.2 Å². The fourth-order valence-corrected chi connectivity index (χ4v) is 3.89. The van der Waals surface area contributed by atoms with Gasteiger partial charge in [-0.1, -0.05) is 6.92 Å². The van der Waals surface area contributed by atoms with Gasteiger partial charge in [-0.3, -0.25) is 4.90 Å². The van der Waals surface area contributed by atoms with Crippen LogP contribution in [0, 0.1) is 5.92 Å². The van der Waals surface area contributed by atoms with Gasteiger partial charge in [0.05, 0.1) is 12.0 Å². The van der Waals surface area contributed by atoms with E-state index in [9.17, 15) is 0 Å². The summed E-state index contributed by atoms with van der Waals surface area (Å²) in [6.45, 7) is 9.69. The smallest absolute Gasteiger partial charge is 0.221 e. The monoisotopic (exact) mass is 307 g/mol. The van der Waals surface area contributed by atoms with Crippen LogP contribution >= 0.6 is 0 Å². The minimum atomic E-state index is 0.393. The summed E-state index contributed by atoms with van der Waals surface area (Å²) in [6.07, 6.45) is 6.16. The van der Waals surface area contributed by atoms with E-state index in [1.807, 2.05) is 0 Å². The number of hydrogen-bond donors (Lipinski definition) is 0. The Morgan fingerprint density at radius 3 is 2.77 bits per heavy atom. The Labute approximate surface area is 133 Å². The predicted octanol–water partition coefficient (Wildman–Crippen LogP) is 3.02. The van der Waals surface area contributed by atoms with Crippen molar-refractivity contribution in [3.05, 3.63) is 11.8 Å². The van der Waals surface area contributed by atoms with E-state index in [0.29, 0.717) is 18.1 Å². The molecule has 2 aliphatic rings. The number of piperidine rings is 1. The Morgan fingerprint density at radius 1 is 1.27 bits per heavy atom. The van der Waals surface area contributed by atoms with Crippen LogP contribution in [0.3, 0.4) is 0 Å². The molecule has 0 N–H and O–H groups in total. The molecule has 0 aromatic carbocycles. The van der Waals surface area contributed by atoms with Crippen LogP contribution in [0.1, 0.15) is 64.2 Å². The molecule has 2 atom stereocenters. The highest BCUT2D eigenvalue weighted by atomic mass is 16.5. The molecule has 0 bridgehead atoms. The second-order valence-corrected chi connectivity index (χ2v) is 6.79. The fourth-order valence-electron chi connectivity index (χ4n) is 3.89. The summed E-state index contributed by atoms with van der Waals surface area (Å²) in [5.74, 6) is 2.80. The van der Waals surface area contributed by atoms with Gasteiger partial charge in [0.1, 0.15) is 0 Å². The maximum Gasteiger partial charge on any atom is 0.221 e. The molecule has 2 heterocycles. The van der Waals surface area contributed by atoms with Crippen molar-refractivity contribution in [3.63, 3.8) is 0 Å². The lowest BCUT2D eigenvalue weighted by molar-refractivity contribution is -0.0405. The first-order valence-corrected chi connectivity index (χ1v) is 8.89. The van der Waals surface area contributed by atoms with Crippen LogP contribution in [0.25, 0.3) is 0 Å². The third-order valence-corrected chi connectivity index (χ3v) is 5.31. The highest BCUT2D eigenvalue weighted by Gasteiger charge is 2.37. The van der Waals surface area contributed by atoms with Crippen LogP contribution in [0.4, 0.5) is 0 Å². The minimum absolute atomic E-state index is 0.393. The van der Waals surface area contributed by atoms with Crippen molar-refractivity contribution >= 4 is 0 Å². The number of likely N-dealkylation sites (tertiary alicyclic amines) is 1. The molecular formula is C17H29N3O2. The molecule has 2 fully saturated rings. The summed E-state index contributed by atoms with van der Waals surface area (Å²) in [5.41, 5.74) is 0. The first-order chi connectivity index (χ1) is 10.7. The summed E-state index contributed by atoms with van der Waals surface area (Å²) in [5, 5.41) is 8.42. The van der Waals surface area contributed by atoms with E-state index in [1.54, 1.807) is 0 Å². The highest BCUT2D eigenvalue weighted by molar-refractivity contribution is 5.00. The molecule has 5 heteroatoms. The zero-order chi connectivity index (χ0) is 15.5. The van der Waals surface area contributed by atoms with E-state index in [-0.39, 0.29) is 0 Å². The zero-order valence-corrected chi connectivity index (χ0v) is 14.1. The van der Waals surface area contributed by atoms with Crippen molar-refractivity contribution in [1.29, 1.82) is 0 Å². The van der Waals surface area contributed by atoms with E-state index in [4.69, 9.17) is 9.15 Å². The van der Waals surface area contributed by atoms with Gasteiger partial charge in [0.25, 0.3) is 0 Å². The summed E-state index contributed by atoms with van der Waals surface area (Å²) in [6, 6.07) is 0.491. The van der Waals surface area contributed by atoms with Crippen LogP contribution in [0.5, 0.6) is 0 Å². The van der Waals surface area contributed by atoms with Crippen LogP contribution in [0.2, 0.25) is 0 Å². The van der Waals surface area contributed by atoms with Crippen molar-refractivity contribution in [2.24, 2.45) is 5.92 Å². The SMILES string of the molecule is CCOC1CC(CN2CCC[C@H](c3nnc(CC)o3)[C@@H]2C)C1. The molecule has 0 spiro atoms. The van der Waals surface area contributed by atoms with E-state index < -0.39 is 0 Å².